The smallest absolute Gasteiger partial charge is 0.251 e. The van der Waals surface area contributed by atoms with E-state index in [1.54, 1.807) is 24.5 Å². The first-order chi connectivity index (χ1) is 9.08. The molecule has 0 saturated carbocycles. The van der Waals surface area contributed by atoms with Gasteiger partial charge in [0.2, 0.25) is 0 Å². The summed E-state index contributed by atoms with van der Waals surface area (Å²) in [7, 11) is 0. The fourth-order valence-electron chi connectivity index (χ4n) is 1.90. The fourth-order valence-corrected chi connectivity index (χ4v) is 1.90. The van der Waals surface area contributed by atoms with Crippen molar-refractivity contribution in [2.75, 3.05) is 0 Å². The topological polar surface area (TPSA) is 42.0 Å². The molecule has 0 fully saturated rings. The fraction of sp³-hybridized carbons (Fsp3) is 0.250. The Bertz CT molecular complexity index is 579. The van der Waals surface area contributed by atoms with E-state index in [0.717, 1.165) is 5.56 Å². The van der Waals surface area contributed by atoms with Crippen LogP contribution in [0.15, 0.2) is 42.7 Å². The third-order valence-corrected chi connectivity index (χ3v) is 3.32. The van der Waals surface area contributed by atoms with Gasteiger partial charge in [-0.2, -0.15) is 0 Å². The number of hydrogen-bond acceptors (Lipinski definition) is 2. The van der Waals surface area contributed by atoms with Gasteiger partial charge in [-0.3, -0.25) is 9.78 Å². The molecule has 0 aliphatic heterocycles. The van der Waals surface area contributed by atoms with Crippen molar-refractivity contribution in [1.82, 2.24) is 10.3 Å². The van der Waals surface area contributed by atoms with Crippen LogP contribution >= 0.6 is 0 Å². The molecule has 0 saturated heterocycles. The maximum atomic E-state index is 12.0. The van der Waals surface area contributed by atoms with Crippen molar-refractivity contribution in [1.29, 1.82) is 0 Å². The normalized spacial score (nSPS) is 11.9. The number of nitrogens with one attached hydrogen (secondary N) is 1. The highest BCUT2D eigenvalue weighted by Crippen LogP contribution is 2.17. The van der Waals surface area contributed by atoms with Crippen molar-refractivity contribution in [3.05, 3.63) is 65.0 Å². The van der Waals surface area contributed by atoms with Crippen LogP contribution in [0.5, 0.6) is 0 Å². The van der Waals surface area contributed by atoms with E-state index in [-0.39, 0.29) is 11.9 Å². The quantitative estimate of drug-likeness (QED) is 0.914. The number of aromatic nitrogens is 1. The molecule has 2 rings (SSSR count). The standard InChI is InChI=1S/C16H18N2O/c1-11-4-5-15(10-12(11)2)13(3)18-16(19)14-6-8-17-9-7-14/h4-10,13H,1-3H3,(H,18,19). The first-order valence-electron chi connectivity index (χ1n) is 6.36. The van der Waals surface area contributed by atoms with Gasteiger partial charge in [-0.25, -0.2) is 0 Å². The van der Waals surface area contributed by atoms with Gasteiger partial charge in [0, 0.05) is 18.0 Å². The molecule has 98 valence electrons. The van der Waals surface area contributed by atoms with Crippen LogP contribution in [-0.4, -0.2) is 10.9 Å². The second kappa shape index (κ2) is 5.65. The molecule has 1 heterocycles. The average molecular weight is 254 g/mol. The molecule has 0 spiro atoms. The molecule has 0 aliphatic rings. The monoisotopic (exact) mass is 254 g/mol. The number of hydrogen-bond donors (Lipinski definition) is 1. The van der Waals surface area contributed by atoms with Gasteiger partial charge in [0.05, 0.1) is 6.04 Å². The van der Waals surface area contributed by atoms with Gasteiger partial charge < -0.3 is 5.32 Å². The predicted molar refractivity (Wildman–Crippen MR) is 76.0 cm³/mol. The lowest BCUT2D eigenvalue weighted by Gasteiger charge is -2.15. The SMILES string of the molecule is Cc1ccc(C(C)NC(=O)c2ccncc2)cc1C. The summed E-state index contributed by atoms with van der Waals surface area (Å²) in [6.45, 7) is 6.15. The van der Waals surface area contributed by atoms with E-state index in [0.29, 0.717) is 5.56 Å². The third-order valence-electron chi connectivity index (χ3n) is 3.32. The molecule has 19 heavy (non-hydrogen) atoms. The summed E-state index contributed by atoms with van der Waals surface area (Å²) in [5, 5.41) is 2.99. The van der Waals surface area contributed by atoms with Gasteiger partial charge in [0.15, 0.2) is 0 Å². The Balaban J connectivity index is 2.10. The van der Waals surface area contributed by atoms with Crippen LogP contribution in [0.25, 0.3) is 0 Å². The van der Waals surface area contributed by atoms with Crippen molar-refractivity contribution < 1.29 is 4.79 Å². The van der Waals surface area contributed by atoms with E-state index in [9.17, 15) is 4.79 Å². The van der Waals surface area contributed by atoms with E-state index in [1.807, 2.05) is 6.92 Å². The Hall–Kier alpha value is -2.16. The van der Waals surface area contributed by atoms with Gasteiger partial charge in [-0.1, -0.05) is 18.2 Å². The summed E-state index contributed by atoms with van der Waals surface area (Å²) in [6, 6.07) is 9.66. The maximum Gasteiger partial charge on any atom is 0.251 e. The Morgan fingerprint density at radius 2 is 1.79 bits per heavy atom. The van der Waals surface area contributed by atoms with E-state index >= 15 is 0 Å². The Morgan fingerprint density at radius 3 is 2.42 bits per heavy atom. The van der Waals surface area contributed by atoms with Crippen LogP contribution in [0.3, 0.4) is 0 Å². The summed E-state index contributed by atoms with van der Waals surface area (Å²) < 4.78 is 0. The van der Waals surface area contributed by atoms with Crippen molar-refractivity contribution in [3.8, 4) is 0 Å². The Morgan fingerprint density at radius 1 is 1.11 bits per heavy atom. The molecule has 3 nitrogen and oxygen atoms in total. The number of rotatable bonds is 3. The molecule has 0 radical (unpaired) electrons. The minimum absolute atomic E-state index is 0.0139. The summed E-state index contributed by atoms with van der Waals surface area (Å²) >= 11 is 0. The van der Waals surface area contributed by atoms with Gasteiger partial charge in [-0.15, -0.1) is 0 Å². The Labute approximate surface area is 113 Å². The lowest BCUT2D eigenvalue weighted by molar-refractivity contribution is 0.0940. The second-order valence-electron chi connectivity index (χ2n) is 4.77. The first-order valence-corrected chi connectivity index (χ1v) is 6.36. The van der Waals surface area contributed by atoms with Gasteiger partial charge in [-0.05, 0) is 49.6 Å². The minimum atomic E-state index is -0.0758. The van der Waals surface area contributed by atoms with E-state index < -0.39 is 0 Å². The average Bonchev–Trinajstić information content (AvgIpc) is 2.42. The number of aryl methyl sites for hydroxylation is 2. The van der Waals surface area contributed by atoms with Crippen LogP contribution in [0.2, 0.25) is 0 Å². The molecule has 1 aromatic carbocycles. The number of benzene rings is 1. The molecule has 1 atom stereocenters. The summed E-state index contributed by atoms with van der Waals surface area (Å²) in [6.07, 6.45) is 3.24. The zero-order chi connectivity index (χ0) is 13.8. The number of pyridine rings is 1. The molecular weight excluding hydrogens is 236 g/mol. The predicted octanol–water partition coefficient (Wildman–Crippen LogP) is 3.19. The van der Waals surface area contributed by atoms with E-state index in [1.165, 1.54) is 11.1 Å². The van der Waals surface area contributed by atoms with Crippen molar-refractivity contribution in [2.24, 2.45) is 0 Å². The molecule has 0 aliphatic carbocycles. The second-order valence-corrected chi connectivity index (χ2v) is 4.77. The summed E-state index contributed by atoms with van der Waals surface area (Å²) in [4.78, 5) is 15.9. The third kappa shape index (κ3) is 3.19. The largest absolute Gasteiger partial charge is 0.346 e. The number of amides is 1. The van der Waals surface area contributed by atoms with Gasteiger partial charge >= 0.3 is 0 Å². The highest BCUT2D eigenvalue weighted by atomic mass is 16.1. The van der Waals surface area contributed by atoms with Crippen molar-refractivity contribution in [3.63, 3.8) is 0 Å². The summed E-state index contributed by atoms with van der Waals surface area (Å²) in [5.41, 5.74) is 4.25. The lowest BCUT2D eigenvalue weighted by atomic mass is 10.0. The Kier molecular flexibility index (Phi) is 3.95. The molecule has 1 N–H and O–H groups in total. The molecule has 1 unspecified atom stereocenters. The van der Waals surface area contributed by atoms with Gasteiger partial charge in [0.1, 0.15) is 0 Å². The zero-order valence-electron chi connectivity index (χ0n) is 11.5. The highest BCUT2D eigenvalue weighted by Gasteiger charge is 2.11. The molecule has 0 bridgehead atoms. The molecule has 1 aromatic heterocycles. The molecular formula is C16H18N2O. The highest BCUT2D eigenvalue weighted by molar-refractivity contribution is 5.94. The maximum absolute atomic E-state index is 12.0. The minimum Gasteiger partial charge on any atom is -0.346 e. The lowest BCUT2D eigenvalue weighted by Crippen LogP contribution is -2.26. The van der Waals surface area contributed by atoms with Crippen LogP contribution in [0, 0.1) is 13.8 Å². The van der Waals surface area contributed by atoms with Crippen molar-refractivity contribution in [2.45, 2.75) is 26.8 Å². The molecule has 3 heteroatoms. The van der Waals surface area contributed by atoms with Crippen LogP contribution in [0.4, 0.5) is 0 Å². The van der Waals surface area contributed by atoms with Crippen molar-refractivity contribution >= 4 is 5.91 Å². The van der Waals surface area contributed by atoms with Crippen LogP contribution < -0.4 is 5.32 Å². The number of nitrogens with zero attached hydrogens (tertiary/aromatic N) is 1. The van der Waals surface area contributed by atoms with E-state index in [2.05, 4.69) is 42.3 Å². The molecule has 2 aromatic rings. The number of carbonyl (C=O) groups excluding carboxylic acids is 1. The molecule has 1 amide bonds. The van der Waals surface area contributed by atoms with Crippen LogP contribution in [0.1, 0.15) is 40.0 Å². The number of carbonyl (C=O) groups is 1. The summed E-state index contributed by atoms with van der Waals surface area (Å²) in [5.74, 6) is -0.0758. The van der Waals surface area contributed by atoms with Gasteiger partial charge in [0.25, 0.3) is 5.91 Å². The van der Waals surface area contributed by atoms with Crippen LogP contribution in [-0.2, 0) is 0 Å². The first kappa shape index (κ1) is 13.3. The zero-order valence-corrected chi connectivity index (χ0v) is 11.5. The van der Waals surface area contributed by atoms with E-state index in [4.69, 9.17) is 0 Å².